The highest BCUT2D eigenvalue weighted by atomic mass is 16.5. The fourth-order valence-corrected chi connectivity index (χ4v) is 3.88. The van der Waals surface area contributed by atoms with Gasteiger partial charge in [-0.15, -0.1) is 0 Å². The molecule has 3 rings (SSSR count). The second kappa shape index (κ2) is 7.27. The van der Waals surface area contributed by atoms with Crippen molar-refractivity contribution in [2.24, 2.45) is 17.4 Å². The van der Waals surface area contributed by atoms with Gasteiger partial charge in [-0.2, -0.15) is 0 Å². The van der Waals surface area contributed by atoms with E-state index in [4.69, 9.17) is 16.1 Å². The highest BCUT2D eigenvalue weighted by molar-refractivity contribution is 6.47. The second-order valence-electron chi connectivity index (χ2n) is 7.33. The number of hydrogen-bond donors (Lipinski definition) is 3. The van der Waals surface area contributed by atoms with E-state index in [-0.39, 0.29) is 41.8 Å². The van der Waals surface area contributed by atoms with Crippen LogP contribution in [0, 0.1) is 5.92 Å². The van der Waals surface area contributed by atoms with Gasteiger partial charge in [-0.05, 0) is 44.2 Å². The molecule has 1 saturated carbocycles. The van der Waals surface area contributed by atoms with Gasteiger partial charge in [0.05, 0.1) is 5.56 Å². The summed E-state index contributed by atoms with van der Waals surface area (Å²) in [5.41, 5.74) is 13.2. The van der Waals surface area contributed by atoms with Gasteiger partial charge in [0.1, 0.15) is 11.5 Å². The number of carbonyl (C=O) groups excluding carboxylic acids is 2. The molecule has 1 heterocycles. The molecular formula is C18H25BN2O4. The maximum atomic E-state index is 12.6. The van der Waals surface area contributed by atoms with Crippen LogP contribution in [0.2, 0.25) is 5.82 Å². The number of nitrogens with two attached hydrogens (primary N) is 2. The lowest BCUT2D eigenvalue weighted by Crippen LogP contribution is -2.47. The summed E-state index contributed by atoms with van der Waals surface area (Å²) in [6, 6.07) is 5.18. The number of rotatable bonds is 4. The van der Waals surface area contributed by atoms with Crippen molar-refractivity contribution >= 4 is 18.7 Å². The van der Waals surface area contributed by atoms with Crippen LogP contribution in [0.25, 0.3) is 0 Å². The average Bonchev–Trinajstić information content (AvgIpc) is 2.57. The fourth-order valence-electron chi connectivity index (χ4n) is 3.88. The van der Waals surface area contributed by atoms with Crippen LogP contribution in [0.5, 0.6) is 5.75 Å². The van der Waals surface area contributed by atoms with Crippen molar-refractivity contribution in [1.29, 1.82) is 0 Å². The van der Waals surface area contributed by atoms with Gasteiger partial charge >= 0.3 is 7.12 Å². The Morgan fingerprint density at radius 2 is 2.04 bits per heavy atom. The zero-order valence-electron chi connectivity index (χ0n) is 14.5. The molecule has 1 unspecified atom stereocenters. The first-order chi connectivity index (χ1) is 11.9. The molecule has 0 saturated heterocycles. The first kappa shape index (κ1) is 18.1. The van der Waals surface area contributed by atoms with Crippen molar-refractivity contribution < 1.29 is 19.3 Å². The van der Waals surface area contributed by atoms with E-state index in [1.807, 2.05) is 6.07 Å². The van der Waals surface area contributed by atoms with Crippen molar-refractivity contribution in [2.45, 2.75) is 56.9 Å². The maximum Gasteiger partial charge on any atom is 0.526 e. The first-order valence-electron chi connectivity index (χ1n) is 8.88. The Labute approximate surface area is 148 Å². The van der Waals surface area contributed by atoms with Gasteiger partial charge in [0.25, 0.3) is 0 Å². The number of hydrogen-bond acceptors (Lipinski definition) is 6. The summed E-state index contributed by atoms with van der Waals surface area (Å²) < 4.78 is 5.60. The topological polar surface area (TPSA) is 116 Å². The summed E-state index contributed by atoms with van der Waals surface area (Å²) in [7, 11) is -1.09. The van der Waals surface area contributed by atoms with E-state index in [2.05, 4.69) is 0 Å². The molecule has 25 heavy (non-hydrogen) atoms. The van der Waals surface area contributed by atoms with Crippen LogP contribution in [0.4, 0.5) is 0 Å². The minimum absolute atomic E-state index is 0.0375. The number of Topliss-reactive ketones (excluding diaryl/α,β-unsaturated/α-hetero) is 2. The summed E-state index contributed by atoms with van der Waals surface area (Å²) in [4.78, 5) is 24.3. The monoisotopic (exact) mass is 344 g/mol. The van der Waals surface area contributed by atoms with Gasteiger partial charge < -0.3 is 21.1 Å². The number of fused-ring (bicyclic) bond motifs is 1. The highest BCUT2D eigenvalue weighted by Gasteiger charge is 2.39. The Morgan fingerprint density at radius 1 is 1.28 bits per heavy atom. The van der Waals surface area contributed by atoms with Crippen LogP contribution in [-0.2, 0) is 11.2 Å². The van der Waals surface area contributed by atoms with E-state index in [0.29, 0.717) is 24.2 Å². The van der Waals surface area contributed by atoms with E-state index < -0.39 is 7.12 Å². The molecule has 4 atom stereocenters. The van der Waals surface area contributed by atoms with Crippen molar-refractivity contribution in [3.8, 4) is 5.75 Å². The third-order valence-electron chi connectivity index (χ3n) is 5.47. The molecule has 6 nitrogen and oxygen atoms in total. The third kappa shape index (κ3) is 3.78. The molecule has 0 aromatic heterocycles. The molecule has 2 aliphatic rings. The fraction of sp³-hybridized carbons (Fsp3) is 0.556. The molecule has 0 radical (unpaired) electrons. The zero-order chi connectivity index (χ0) is 18.1. The van der Waals surface area contributed by atoms with E-state index >= 15 is 0 Å². The Bertz CT molecular complexity index is 681. The van der Waals surface area contributed by atoms with Crippen LogP contribution in [0.1, 0.15) is 48.5 Å². The molecule has 0 spiro atoms. The van der Waals surface area contributed by atoms with Crippen molar-refractivity contribution in [3.63, 3.8) is 0 Å². The van der Waals surface area contributed by atoms with Crippen molar-refractivity contribution in [3.05, 3.63) is 29.3 Å². The van der Waals surface area contributed by atoms with Gasteiger partial charge in [-0.3, -0.25) is 9.59 Å². The van der Waals surface area contributed by atoms with Crippen LogP contribution in [-0.4, -0.2) is 35.8 Å². The Morgan fingerprint density at radius 3 is 2.72 bits per heavy atom. The van der Waals surface area contributed by atoms with Crippen molar-refractivity contribution in [1.82, 2.24) is 0 Å². The Balaban J connectivity index is 1.69. The molecular weight excluding hydrogens is 319 g/mol. The quantitative estimate of drug-likeness (QED) is 0.556. The summed E-state index contributed by atoms with van der Waals surface area (Å²) in [5, 5.41) is 10.3. The summed E-state index contributed by atoms with van der Waals surface area (Å²) in [5.74, 6) is 0.0464. The largest absolute Gasteiger partial charge is 0.535 e. The van der Waals surface area contributed by atoms with Gasteiger partial charge in [0.15, 0.2) is 5.78 Å². The predicted molar refractivity (Wildman–Crippen MR) is 95.4 cm³/mol. The van der Waals surface area contributed by atoms with Gasteiger partial charge in [-0.1, -0.05) is 12.1 Å². The van der Waals surface area contributed by atoms with E-state index in [1.54, 1.807) is 12.1 Å². The van der Waals surface area contributed by atoms with E-state index in [0.717, 1.165) is 18.4 Å². The smallest absolute Gasteiger partial charge is 0.526 e. The normalized spacial score (nSPS) is 28.9. The lowest BCUT2D eigenvalue weighted by Gasteiger charge is -2.33. The molecule has 0 amide bonds. The first-order valence-corrected chi connectivity index (χ1v) is 8.88. The number of para-hydroxylation sites is 1. The molecule has 1 fully saturated rings. The molecule has 7 heteroatoms. The zero-order valence-corrected chi connectivity index (χ0v) is 14.5. The summed E-state index contributed by atoms with van der Waals surface area (Å²) in [6.07, 6.45) is 2.88. The number of carbonyl (C=O) groups is 2. The van der Waals surface area contributed by atoms with Gasteiger partial charge in [-0.25, -0.2) is 0 Å². The standard InChI is InChI=1S/C18H25BN2O4/c1-10(22)14-4-2-3-12-7-13(19(24)25-18(12)14)9-17(23)11-5-6-15(20)16(21)8-11/h2-4,11,13,15-16,24H,5-9,20-21H2,1H3/t11?,13-,15-,16-/m1/s1. The Kier molecular flexibility index (Phi) is 5.27. The van der Waals surface area contributed by atoms with E-state index in [1.165, 1.54) is 6.92 Å². The maximum absolute atomic E-state index is 12.6. The SMILES string of the molecule is CC(=O)c1cccc2c1OB(O)[C@@H](CC(=O)C1CC[C@@H](N)[C@H](N)C1)C2. The summed E-state index contributed by atoms with van der Waals surface area (Å²) in [6.45, 7) is 1.47. The molecule has 5 N–H and O–H groups in total. The van der Waals surface area contributed by atoms with Crippen LogP contribution < -0.4 is 16.1 Å². The molecule has 1 aromatic carbocycles. The second-order valence-corrected chi connectivity index (χ2v) is 7.33. The van der Waals surface area contributed by atoms with E-state index in [9.17, 15) is 14.6 Å². The molecule has 134 valence electrons. The van der Waals surface area contributed by atoms with Crippen LogP contribution in [0.3, 0.4) is 0 Å². The number of ketones is 2. The Hall–Kier alpha value is -1.70. The lowest BCUT2D eigenvalue weighted by molar-refractivity contribution is -0.124. The average molecular weight is 344 g/mol. The lowest BCUT2D eigenvalue weighted by atomic mass is 9.63. The van der Waals surface area contributed by atoms with Gasteiger partial charge in [0, 0.05) is 30.2 Å². The molecule has 1 aliphatic carbocycles. The van der Waals surface area contributed by atoms with Crippen molar-refractivity contribution in [2.75, 3.05) is 0 Å². The summed E-state index contributed by atoms with van der Waals surface area (Å²) >= 11 is 0. The third-order valence-corrected chi connectivity index (χ3v) is 5.47. The molecule has 1 aliphatic heterocycles. The van der Waals surface area contributed by atoms with Crippen LogP contribution in [0.15, 0.2) is 18.2 Å². The highest BCUT2D eigenvalue weighted by Crippen LogP contribution is 2.37. The van der Waals surface area contributed by atoms with Gasteiger partial charge in [0.2, 0.25) is 0 Å². The molecule has 1 aromatic rings. The molecule has 0 bridgehead atoms. The van der Waals surface area contributed by atoms with Crippen LogP contribution >= 0.6 is 0 Å². The predicted octanol–water partition coefficient (Wildman–Crippen LogP) is 1.09. The minimum Gasteiger partial charge on any atom is -0.535 e. The number of benzene rings is 1. The minimum atomic E-state index is -1.09.